The second-order valence-electron chi connectivity index (χ2n) is 2.35. The van der Waals surface area contributed by atoms with Crippen molar-refractivity contribution in [2.24, 2.45) is 0 Å². The highest BCUT2D eigenvalue weighted by atomic mass is 79.9. The molecule has 0 aromatic carbocycles. The van der Waals surface area contributed by atoms with Crippen LogP contribution in [0.3, 0.4) is 0 Å². The third-order valence-corrected chi connectivity index (χ3v) is 1.67. The Morgan fingerprint density at radius 3 is 2.55 bits per heavy atom. The fraction of sp³-hybridized carbons (Fsp3) is 0.857. The summed E-state index contributed by atoms with van der Waals surface area (Å²) in [6.07, 6.45) is 0. The molecule has 4 heteroatoms. The van der Waals surface area contributed by atoms with Crippen molar-refractivity contribution >= 4 is 21.9 Å². The van der Waals surface area contributed by atoms with E-state index in [2.05, 4.69) is 15.9 Å². The molecule has 1 atom stereocenters. The molecule has 0 aliphatic carbocycles. The van der Waals surface area contributed by atoms with Crippen LogP contribution in [0.5, 0.6) is 0 Å². The number of alkyl halides is 1. The summed E-state index contributed by atoms with van der Waals surface area (Å²) in [5, 5.41) is 0. The van der Waals surface area contributed by atoms with Crippen LogP contribution < -0.4 is 0 Å². The highest BCUT2D eigenvalue weighted by Gasteiger charge is 2.31. The van der Waals surface area contributed by atoms with Crippen LogP contribution in [0.15, 0.2) is 0 Å². The minimum Gasteiger partial charge on any atom is -0.465 e. The lowest BCUT2D eigenvalue weighted by molar-refractivity contribution is -0.146. The van der Waals surface area contributed by atoms with Crippen molar-refractivity contribution in [1.29, 1.82) is 0 Å². The fourth-order valence-electron chi connectivity index (χ4n) is 0.612. The second-order valence-corrected chi connectivity index (χ2v) is 4.10. The zero-order valence-corrected chi connectivity index (χ0v) is 8.60. The molecular formula is C7H13BrO3. The van der Waals surface area contributed by atoms with Crippen LogP contribution in [-0.2, 0) is 14.3 Å². The number of methoxy groups -OCH3 is 1. The average Bonchev–Trinajstić information content (AvgIpc) is 1.88. The van der Waals surface area contributed by atoms with Crippen LogP contribution in [0.4, 0.5) is 0 Å². The van der Waals surface area contributed by atoms with E-state index < -0.39 is 4.32 Å². The van der Waals surface area contributed by atoms with E-state index in [0.717, 1.165) is 0 Å². The topological polar surface area (TPSA) is 35.5 Å². The first-order valence-electron chi connectivity index (χ1n) is 3.39. The van der Waals surface area contributed by atoms with Crippen molar-refractivity contribution in [2.75, 3.05) is 20.3 Å². The van der Waals surface area contributed by atoms with Crippen molar-refractivity contribution in [2.45, 2.75) is 18.2 Å². The third-order valence-electron chi connectivity index (χ3n) is 1.12. The van der Waals surface area contributed by atoms with E-state index in [1.807, 2.05) is 0 Å². The lowest BCUT2D eigenvalue weighted by Crippen LogP contribution is -2.35. The Labute approximate surface area is 75.2 Å². The first-order chi connectivity index (χ1) is 5.04. The molecular weight excluding hydrogens is 212 g/mol. The number of carbonyl (C=O) groups excluding carboxylic acids is 1. The number of hydrogen-bond donors (Lipinski definition) is 0. The number of rotatable bonds is 4. The molecule has 0 aromatic rings. The molecule has 66 valence electrons. The predicted octanol–water partition coefficient (Wildman–Crippen LogP) is 1.35. The van der Waals surface area contributed by atoms with Gasteiger partial charge in [-0.15, -0.1) is 0 Å². The normalized spacial score (nSPS) is 15.6. The lowest BCUT2D eigenvalue weighted by Gasteiger charge is -2.18. The van der Waals surface area contributed by atoms with Crippen molar-refractivity contribution in [3.8, 4) is 0 Å². The molecule has 0 saturated carbocycles. The van der Waals surface area contributed by atoms with E-state index in [9.17, 15) is 4.79 Å². The Kier molecular flexibility index (Phi) is 4.68. The highest BCUT2D eigenvalue weighted by Crippen LogP contribution is 2.19. The standard InChI is InChI=1S/C7H13BrO3/c1-4-11-6(9)7(2,8)5-10-3/h4-5H2,1-3H3. The zero-order valence-electron chi connectivity index (χ0n) is 7.02. The maximum absolute atomic E-state index is 11.1. The molecule has 1 unspecified atom stereocenters. The lowest BCUT2D eigenvalue weighted by atomic mass is 10.2. The number of hydrogen-bond acceptors (Lipinski definition) is 3. The number of carbonyl (C=O) groups is 1. The molecule has 0 aliphatic heterocycles. The van der Waals surface area contributed by atoms with Gasteiger partial charge in [-0.05, 0) is 13.8 Å². The number of halogens is 1. The van der Waals surface area contributed by atoms with Gasteiger partial charge in [-0.1, -0.05) is 15.9 Å². The van der Waals surface area contributed by atoms with E-state index in [0.29, 0.717) is 13.2 Å². The average molecular weight is 225 g/mol. The smallest absolute Gasteiger partial charge is 0.324 e. The van der Waals surface area contributed by atoms with E-state index in [-0.39, 0.29) is 5.97 Å². The molecule has 0 aliphatic rings. The largest absolute Gasteiger partial charge is 0.465 e. The van der Waals surface area contributed by atoms with Crippen LogP contribution in [0.2, 0.25) is 0 Å². The summed E-state index contributed by atoms with van der Waals surface area (Å²) < 4.78 is 8.91. The Hall–Kier alpha value is -0.0900. The Balaban J connectivity index is 3.94. The summed E-state index contributed by atoms with van der Waals surface area (Å²) in [6, 6.07) is 0. The molecule has 0 saturated heterocycles. The van der Waals surface area contributed by atoms with Crippen LogP contribution in [0.1, 0.15) is 13.8 Å². The molecule has 0 heterocycles. The van der Waals surface area contributed by atoms with Gasteiger partial charge in [0.1, 0.15) is 4.32 Å². The summed E-state index contributed by atoms with van der Waals surface area (Å²) in [5.74, 6) is -0.290. The first-order valence-corrected chi connectivity index (χ1v) is 4.19. The molecule has 0 aromatic heterocycles. The minimum absolute atomic E-state index is 0.290. The van der Waals surface area contributed by atoms with Gasteiger partial charge in [-0.2, -0.15) is 0 Å². The Morgan fingerprint density at radius 2 is 2.18 bits per heavy atom. The SMILES string of the molecule is CCOC(=O)C(C)(Br)COC. The molecule has 0 rings (SSSR count). The first kappa shape index (κ1) is 10.9. The molecule has 0 fully saturated rings. The molecule has 0 bridgehead atoms. The highest BCUT2D eigenvalue weighted by molar-refractivity contribution is 9.10. The summed E-state index contributed by atoms with van der Waals surface area (Å²) in [7, 11) is 1.54. The summed E-state index contributed by atoms with van der Waals surface area (Å²) in [6.45, 7) is 4.19. The van der Waals surface area contributed by atoms with Gasteiger partial charge in [0.15, 0.2) is 0 Å². The van der Waals surface area contributed by atoms with Crippen LogP contribution in [0, 0.1) is 0 Å². The third kappa shape index (κ3) is 3.72. The number of ether oxygens (including phenoxy) is 2. The molecule has 0 amide bonds. The molecule has 0 radical (unpaired) electrons. The molecule has 0 N–H and O–H groups in total. The van der Waals surface area contributed by atoms with Crippen LogP contribution >= 0.6 is 15.9 Å². The van der Waals surface area contributed by atoms with Crippen molar-refractivity contribution in [3.63, 3.8) is 0 Å². The second kappa shape index (κ2) is 4.72. The maximum Gasteiger partial charge on any atom is 0.324 e. The number of esters is 1. The van der Waals surface area contributed by atoms with Gasteiger partial charge in [-0.3, -0.25) is 4.79 Å². The van der Waals surface area contributed by atoms with Gasteiger partial charge in [0, 0.05) is 7.11 Å². The zero-order chi connectivity index (χ0) is 8.91. The summed E-state index contributed by atoms with van der Waals surface area (Å²) >= 11 is 3.21. The van der Waals surface area contributed by atoms with E-state index >= 15 is 0 Å². The Morgan fingerprint density at radius 1 is 1.64 bits per heavy atom. The molecule has 3 nitrogen and oxygen atoms in total. The molecule has 11 heavy (non-hydrogen) atoms. The summed E-state index contributed by atoms with van der Waals surface area (Å²) in [4.78, 5) is 11.1. The maximum atomic E-state index is 11.1. The van der Waals surface area contributed by atoms with Gasteiger partial charge in [0.05, 0.1) is 13.2 Å². The van der Waals surface area contributed by atoms with E-state index in [1.54, 1.807) is 21.0 Å². The van der Waals surface area contributed by atoms with Crippen molar-refractivity contribution in [3.05, 3.63) is 0 Å². The van der Waals surface area contributed by atoms with Gasteiger partial charge in [0.2, 0.25) is 0 Å². The molecule has 0 spiro atoms. The van der Waals surface area contributed by atoms with Crippen molar-refractivity contribution in [1.82, 2.24) is 0 Å². The van der Waals surface area contributed by atoms with Gasteiger partial charge in [0.25, 0.3) is 0 Å². The summed E-state index contributed by atoms with van der Waals surface area (Å²) in [5.41, 5.74) is 0. The van der Waals surface area contributed by atoms with Crippen LogP contribution in [-0.4, -0.2) is 30.6 Å². The van der Waals surface area contributed by atoms with E-state index in [4.69, 9.17) is 9.47 Å². The van der Waals surface area contributed by atoms with Gasteiger partial charge in [-0.25, -0.2) is 0 Å². The minimum atomic E-state index is -0.711. The monoisotopic (exact) mass is 224 g/mol. The van der Waals surface area contributed by atoms with E-state index in [1.165, 1.54) is 0 Å². The predicted molar refractivity (Wildman–Crippen MR) is 45.8 cm³/mol. The van der Waals surface area contributed by atoms with Gasteiger partial charge < -0.3 is 9.47 Å². The van der Waals surface area contributed by atoms with Crippen LogP contribution in [0.25, 0.3) is 0 Å². The quantitative estimate of drug-likeness (QED) is 0.535. The fourth-order valence-corrected chi connectivity index (χ4v) is 0.955. The van der Waals surface area contributed by atoms with Gasteiger partial charge >= 0.3 is 5.97 Å². The Bertz CT molecular complexity index is 134. The van der Waals surface area contributed by atoms with Crippen molar-refractivity contribution < 1.29 is 14.3 Å².